The van der Waals surface area contributed by atoms with Crippen molar-refractivity contribution in [3.05, 3.63) is 180 Å². The molecular weight excluding hydrogens is 521 g/mol. The van der Waals surface area contributed by atoms with Crippen molar-refractivity contribution in [1.29, 1.82) is 0 Å². The summed E-state index contributed by atoms with van der Waals surface area (Å²) in [6.45, 7) is 0. The van der Waals surface area contributed by atoms with Crippen molar-refractivity contribution in [1.82, 2.24) is 0 Å². The zero-order valence-electron chi connectivity index (χ0n) is 22.1. The maximum absolute atomic E-state index is 2.32. The molecule has 4 aromatic carbocycles. The van der Waals surface area contributed by atoms with Gasteiger partial charge in [-0.05, 0) is 65.1 Å². The van der Waals surface area contributed by atoms with Crippen LogP contribution in [0.4, 0.5) is 0 Å². The van der Waals surface area contributed by atoms with E-state index in [0.29, 0.717) is 0 Å². The summed E-state index contributed by atoms with van der Waals surface area (Å²) in [5.74, 6) is 0. The summed E-state index contributed by atoms with van der Waals surface area (Å²) >= 11 is 3.68. The monoisotopic (exact) mass is 549 g/mol. The molecule has 2 heteroatoms. The molecule has 1 aromatic heterocycles. The lowest BCUT2D eigenvalue weighted by atomic mass is 10.1. The molecule has 1 aliphatic rings. The fourth-order valence-electron chi connectivity index (χ4n) is 4.64. The van der Waals surface area contributed by atoms with Crippen LogP contribution in [-0.4, -0.2) is 0 Å². The fourth-order valence-corrected chi connectivity index (χ4v) is 6.91. The van der Waals surface area contributed by atoms with Crippen LogP contribution in [0.2, 0.25) is 0 Å². The minimum atomic E-state index is 0.858. The van der Waals surface area contributed by atoms with E-state index in [0.717, 1.165) is 6.42 Å². The number of thioether (sulfide) groups is 1. The van der Waals surface area contributed by atoms with Gasteiger partial charge in [-0.2, -0.15) is 0 Å². The molecule has 0 unspecified atom stereocenters. The fraction of sp³-hybridized carbons (Fsp3) is 0.0263. The van der Waals surface area contributed by atoms with E-state index in [2.05, 4.69) is 164 Å². The summed E-state index contributed by atoms with van der Waals surface area (Å²) in [6, 6.07) is 47.3. The van der Waals surface area contributed by atoms with Crippen LogP contribution in [0.1, 0.15) is 23.1 Å². The quantitative estimate of drug-likeness (QED) is 0.182. The van der Waals surface area contributed by atoms with Crippen LogP contribution in [0.15, 0.2) is 163 Å². The van der Waals surface area contributed by atoms with Crippen LogP contribution >= 0.6 is 23.1 Å². The van der Waals surface area contributed by atoms with Gasteiger partial charge in [-0.15, -0.1) is 0 Å². The first-order valence-corrected chi connectivity index (χ1v) is 15.1. The predicted octanol–water partition coefficient (Wildman–Crippen LogP) is 11.5. The Morgan fingerprint density at radius 1 is 0.525 bits per heavy atom. The molecule has 40 heavy (non-hydrogen) atoms. The highest BCUT2D eigenvalue weighted by Gasteiger charge is 2.18. The predicted molar refractivity (Wildman–Crippen MR) is 178 cm³/mol. The summed E-state index contributed by atoms with van der Waals surface area (Å²) in [4.78, 5) is 5.11. The van der Waals surface area contributed by atoms with Gasteiger partial charge in [0, 0.05) is 33.1 Å². The summed E-state index contributed by atoms with van der Waals surface area (Å²) < 4.78 is 0. The Hall–Kier alpha value is -4.24. The lowest BCUT2D eigenvalue weighted by molar-refractivity contribution is 1.38. The van der Waals surface area contributed by atoms with Crippen LogP contribution in [0.5, 0.6) is 0 Å². The molecule has 0 N–H and O–H groups in total. The van der Waals surface area contributed by atoms with Crippen molar-refractivity contribution in [3.8, 4) is 20.9 Å². The molecule has 0 spiro atoms. The van der Waals surface area contributed by atoms with Gasteiger partial charge in [-0.25, -0.2) is 0 Å². The van der Waals surface area contributed by atoms with E-state index in [-0.39, 0.29) is 0 Å². The maximum atomic E-state index is 2.32. The highest BCUT2D eigenvalue weighted by Crippen LogP contribution is 2.44. The number of rotatable bonds is 7. The molecular formula is C38H29S2+. The lowest BCUT2D eigenvalue weighted by Crippen LogP contribution is -1.91. The third-order valence-corrected chi connectivity index (χ3v) is 8.96. The normalized spacial score (nSPS) is 13.2. The van der Waals surface area contributed by atoms with Crippen molar-refractivity contribution in [2.45, 2.75) is 6.42 Å². The second-order valence-corrected chi connectivity index (χ2v) is 11.7. The molecule has 0 nitrogen and oxygen atoms in total. The van der Waals surface area contributed by atoms with E-state index in [1.807, 2.05) is 23.1 Å². The Kier molecular flexibility index (Phi) is 8.28. The first-order valence-electron chi connectivity index (χ1n) is 13.5. The molecule has 0 radical (unpaired) electrons. The van der Waals surface area contributed by atoms with Crippen molar-refractivity contribution < 1.29 is 0 Å². The van der Waals surface area contributed by atoms with E-state index < -0.39 is 0 Å². The molecule has 1 aliphatic heterocycles. The minimum Gasteiger partial charge on any atom is -0.0888 e. The number of hydrogen-bond donors (Lipinski definition) is 0. The van der Waals surface area contributed by atoms with Crippen molar-refractivity contribution in [3.63, 3.8) is 0 Å². The van der Waals surface area contributed by atoms with Crippen molar-refractivity contribution in [2.24, 2.45) is 0 Å². The van der Waals surface area contributed by atoms with Crippen LogP contribution in [-0.2, 0) is 0 Å². The second-order valence-electron chi connectivity index (χ2n) is 9.54. The summed E-state index contributed by atoms with van der Waals surface area (Å²) in [7, 11) is 0. The Bertz CT molecular complexity index is 1580. The van der Waals surface area contributed by atoms with Gasteiger partial charge >= 0.3 is 0 Å². The third-order valence-electron chi connectivity index (χ3n) is 6.66. The Labute approximate surface area is 245 Å². The van der Waals surface area contributed by atoms with Gasteiger partial charge in [0.1, 0.15) is 0 Å². The molecule has 0 bridgehead atoms. The molecule has 5 aromatic rings. The highest BCUT2D eigenvalue weighted by atomic mass is 32.2. The molecule has 0 saturated heterocycles. The maximum Gasteiger partial charge on any atom is 0.239 e. The third kappa shape index (κ3) is 6.48. The topological polar surface area (TPSA) is 0 Å². The smallest absolute Gasteiger partial charge is 0.0888 e. The van der Waals surface area contributed by atoms with Gasteiger partial charge in [0.2, 0.25) is 21.1 Å². The summed E-state index contributed by atoms with van der Waals surface area (Å²) in [5, 5.41) is 0. The van der Waals surface area contributed by atoms with Crippen molar-refractivity contribution >= 4 is 39.0 Å². The Morgan fingerprint density at radius 3 is 1.40 bits per heavy atom. The average Bonchev–Trinajstić information content (AvgIpc) is 3.04. The summed E-state index contributed by atoms with van der Waals surface area (Å²) in [6.07, 6.45) is 12.3. The van der Waals surface area contributed by atoms with Gasteiger partial charge in [-0.1, -0.05) is 127 Å². The van der Waals surface area contributed by atoms with Gasteiger partial charge in [0.25, 0.3) is 0 Å². The molecule has 0 fully saturated rings. The highest BCUT2D eigenvalue weighted by molar-refractivity contribution is 8.16. The Morgan fingerprint density at radius 2 is 0.950 bits per heavy atom. The SMILES string of the molecule is C(C/C=C/c1cc(-c2ccccc2)[s+]c(-c2ccccc2)c1)=C1C=C(c2ccccc2)SC(c2ccccc2)=C1. The molecule has 192 valence electrons. The van der Waals surface area contributed by atoms with E-state index in [1.54, 1.807) is 0 Å². The summed E-state index contributed by atoms with van der Waals surface area (Å²) in [5.41, 5.74) is 7.46. The van der Waals surface area contributed by atoms with Gasteiger partial charge in [-0.3, -0.25) is 0 Å². The molecule has 0 atom stereocenters. The standard InChI is InChI=1S/C38H29S2/c1-5-17-31(18-6-1)35-25-29(26-36(39-35)32-19-7-2-8-20-32)15-13-14-16-30-27-37(33-21-9-3-10-22-33)40-38(28-30)34-23-11-4-12-24-34/h1-13,15-28H,14H2/q+1/b15-13+. The number of allylic oxidation sites excluding steroid dienone is 5. The molecule has 6 rings (SSSR count). The molecule has 2 heterocycles. The molecule has 0 amide bonds. The first kappa shape index (κ1) is 26.0. The van der Waals surface area contributed by atoms with Crippen LogP contribution in [0.25, 0.3) is 36.8 Å². The van der Waals surface area contributed by atoms with Crippen LogP contribution in [0.3, 0.4) is 0 Å². The largest absolute Gasteiger partial charge is 0.239 e. The molecule has 0 aliphatic carbocycles. The Balaban J connectivity index is 1.29. The lowest BCUT2D eigenvalue weighted by Gasteiger charge is -2.17. The average molecular weight is 550 g/mol. The van der Waals surface area contributed by atoms with E-state index in [1.165, 1.54) is 53.0 Å². The van der Waals surface area contributed by atoms with Crippen molar-refractivity contribution in [2.75, 3.05) is 0 Å². The zero-order valence-corrected chi connectivity index (χ0v) is 23.7. The van der Waals surface area contributed by atoms with Gasteiger partial charge in [0.05, 0.1) is 0 Å². The minimum absolute atomic E-state index is 0.858. The zero-order chi connectivity index (χ0) is 27.0. The molecule has 0 saturated carbocycles. The van der Waals surface area contributed by atoms with Gasteiger partial charge in [0.15, 0.2) is 0 Å². The second kappa shape index (κ2) is 12.7. The number of benzene rings is 4. The van der Waals surface area contributed by atoms with Gasteiger partial charge < -0.3 is 0 Å². The van der Waals surface area contributed by atoms with E-state index in [9.17, 15) is 0 Å². The van der Waals surface area contributed by atoms with Crippen LogP contribution in [0, 0.1) is 0 Å². The first-order chi connectivity index (χ1) is 19.8. The van der Waals surface area contributed by atoms with E-state index in [4.69, 9.17) is 0 Å². The van der Waals surface area contributed by atoms with E-state index >= 15 is 0 Å². The number of hydrogen-bond acceptors (Lipinski definition) is 1. The van der Waals surface area contributed by atoms with Crippen LogP contribution < -0.4 is 0 Å².